The van der Waals surface area contributed by atoms with Crippen LogP contribution in [0.2, 0.25) is 0 Å². The van der Waals surface area contributed by atoms with Crippen LogP contribution in [0.15, 0.2) is 24.7 Å². The lowest BCUT2D eigenvalue weighted by Crippen LogP contribution is -2.51. The molecule has 3 rings (SSSR count). The van der Waals surface area contributed by atoms with Crippen molar-refractivity contribution in [2.45, 2.75) is 19.4 Å². The van der Waals surface area contributed by atoms with Crippen LogP contribution in [-0.2, 0) is 0 Å². The first-order valence-corrected chi connectivity index (χ1v) is 6.16. The molecule has 90 valence electrons. The standard InChI is InChI=1S/C12H17N5/c1-2-10-9-13-5-7-16(10)12-11-3-4-15-17(11)8-6-14-12/h3-4,6,8,10,13H,2,5,7,9H2,1H3. The summed E-state index contributed by atoms with van der Waals surface area (Å²) in [4.78, 5) is 6.93. The van der Waals surface area contributed by atoms with Crippen molar-refractivity contribution in [3.63, 3.8) is 0 Å². The molecule has 17 heavy (non-hydrogen) atoms. The second kappa shape index (κ2) is 4.33. The SMILES string of the molecule is CCC1CNCCN1c1nccn2nccc12. The molecule has 5 nitrogen and oxygen atoms in total. The van der Waals surface area contributed by atoms with Gasteiger partial charge in [0.2, 0.25) is 0 Å². The molecule has 1 aliphatic rings. The Morgan fingerprint density at radius 1 is 1.47 bits per heavy atom. The third kappa shape index (κ3) is 1.76. The van der Waals surface area contributed by atoms with Crippen molar-refractivity contribution in [3.8, 4) is 0 Å². The van der Waals surface area contributed by atoms with Gasteiger partial charge in [-0.05, 0) is 12.5 Å². The van der Waals surface area contributed by atoms with Crippen molar-refractivity contribution in [1.29, 1.82) is 0 Å². The Bertz CT molecular complexity index is 506. The Morgan fingerprint density at radius 2 is 2.41 bits per heavy atom. The molecule has 1 unspecified atom stereocenters. The molecule has 0 spiro atoms. The summed E-state index contributed by atoms with van der Waals surface area (Å²) < 4.78 is 1.89. The highest BCUT2D eigenvalue weighted by Crippen LogP contribution is 2.22. The Morgan fingerprint density at radius 3 is 3.29 bits per heavy atom. The van der Waals surface area contributed by atoms with Crippen molar-refractivity contribution < 1.29 is 0 Å². The van der Waals surface area contributed by atoms with Crippen LogP contribution in [0.1, 0.15) is 13.3 Å². The quantitative estimate of drug-likeness (QED) is 0.834. The molecule has 1 N–H and O–H groups in total. The summed E-state index contributed by atoms with van der Waals surface area (Å²) in [6.45, 7) is 5.29. The van der Waals surface area contributed by atoms with E-state index < -0.39 is 0 Å². The highest BCUT2D eigenvalue weighted by atomic mass is 15.3. The van der Waals surface area contributed by atoms with Crippen LogP contribution in [0.25, 0.3) is 5.52 Å². The molecular formula is C12H17N5. The summed E-state index contributed by atoms with van der Waals surface area (Å²) in [5, 5.41) is 7.69. The molecule has 2 aromatic heterocycles. The highest BCUT2D eigenvalue weighted by molar-refractivity contribution is 5.68. The molecular weight excluding hydrogens is 214 g/mol. The number of nitrogens with one attached hydrogen (secondary N) is 1. The molecule has 0 amide bonds. The van der Waals surface area contributed by atoms with Crippen LogP contribution in [0.4, 0.5) is 5.82 Å². The zero-order valence-electron chi connectivity index (χ0n) is 10.0. The second-order valence-electron chi connectivity index (χ2n) is 4.37. The van der Waals surface area contributed by atoms with Gasteiger partial charge in [-0.25, -0.2) is 9.50 Å². The first-order chi connectivity index (χ1) is 8.40. The minimum atomic E-state index is 0.525. The molecule has 2 aromatic rings. The van der Waals surface area contributed by atoms with E-state index >= 15 is 0 Å². The van der Waals surface area contributed by atoms with E-state index in [-0.39, 0.29) is 0 Å². The summed E-state index contributed by atoms with van der Waals surface area (Å²) in [5.41, 5.74) is 1.09. The van der Waals surface area contributed by atoms with Gasteiger partial charge in [0.05, 0.1) is 6.20 Å². The van der Waals surface area contributed by atoms with Gasteiger partial charge in [-0.1, -0.05) is 6.92 Å². The fraction of sp³-hybridized carbons (Fsp3) is 0.500. The lowest BCUT2D eigenvalue weighted by Gasteiger charge is -2.36. The van der Waals surface area contributed by atoms with Gasteiger partial charge in [0.15, 0.2) is 5.82 Å². The van der Waals surface area contributed by atoms with Gasteiger partial charge in [-0.3, -0.25) is 0 Å². The van der Waals surface area contributed by atoms with Gasteiger partial charge in [0.1, 0.15) is 5.52 Å². The van der Waals surface area contributed by atoms with E-state index in [0.717, 1.165) is 37.4 Å². The maximum atomic E-state index is 4.54. The molecule has 0 bridgehead atoms. The predicted molar refractivity (Wildman–Crippen MR) is 67.3 cm³/mol. The number of piperazine rings is 1. The Balaban J connectivity index is 2.04. The number of nitrogens with zero attached hydrogens (tertiary/aromatic N) is 4. The van der Waals surface area contributed by atoms with Gasteiger partial charge >= 0.3 is 0 Å². The molecule has 0 aromatic carbocycles. The highest BCUT2D eigenvalue weighted by Gasteiger charge is 2.23. The van der Waals surface area contributed by atoms with Crippen LogP contribution < -0.4 is 10.2 Å². The molecule has 1 aliphatic heterocycles. The Kier molecular flexibility index (Phi) is 2.68. The predicted octanol–water partition coefficient (Wildman–Crippen LogP) is 0.917. The summed E-state index contributed by atoms with van der Waals surface area (Å²) in [6, 6.07) is 2.55. The Hall–Kier alpha value is -1.62. The number of rotatable bonds is 2. The molecule has 0 radical (unpaired) electrons. The zero-order valence-corrected chi connectivity index (χ0v) is 10.0. The number of anilines is 1. The van der Waals surface area contributed by atoms with Crippen LogP contribution in [-0.4, -0.2) is 40.3 Å². The zero-order chi connectivity index (χ0) is 11.7. The maximum Gasteiger partial charge on any atom is 0.155 e. The average Bonchev–Trinajstić information content (AvgIpc) is 2.86. The maximum absolute atomic E-state index is 4.54. The van der Waals surface area contributed by atoms with Crippen molar-refractivity contribution in [2.75, 3.05) is 24.5 Å². The van der Waals surface area contributed by atoms with E-state index in [4.69, 9.17) is 0 Å². The normalized spacial score (nSPS) is 21.0. The number of hydrogen-bond donors (Lipinski definition) is 1. The third-order valence-electron chi connectivity index (χ3n) is 3.40. The van der Waals surface area contributed by atoms with Crippen LogP contribution in [0.3, 0.4) is 0 Å². The van der Waals surface area contributed by atoms with Gasteiger partial charge in [0, 0.05) is 38.1 Å². The first-order valence-electron chi connectivity index (χ1n) is 6.16. The summed E-state index contributed by atoms with van der Waals surface area (Å²) in [5.74, 6) is 1.05. The van der Waals surface area contributed by atoms with Gasteiger partial charge in [-0.15, -0.1) is 0 Å². The number of aromatic nitrogens is 3. The van der Waals surface area contributed by atoms with E-state index in [1.165, 1.54) is 0 Å². The number of fused-ring (bicyclic) bond motifs is 1. The summed E-state index contributed by atoms with van der Waals surface area (Å²) in [7, 11) is 0. The molecule has 5 heteroatoms. The van der Waals surface area contributed by atoms with Gasteiger partial charge in [0.25, 0.3) is 0 Å². The topological polar surface area (TPSA) is 45.5 Å². The third-order valence-corrected chi connectivity index (χ3v) is 3.40. The van der Waals surface area contributed by atoms with E-state index in [0.29, 0.717) is 6.04 Å². The van der Waals surface area contributed by atoms with Crippen molar-refractivity contribution in [3.05, 3.63) is 24.7 Å². The number of hydrogen-bond acceptors (Lipinski definition) is 4. The van der Waals surface area contributed by atoms with E-state index in [2.05, 4.69) is 27.2 Å². The average molecular weight is 231 g/mol. The first kappa shape index (κ1) is 10.5. The van der Waals surface area contributed by atoms with Crippen LogP contribution in [0, 0.1) is 0 Å². The molecule has 1 saturated heterocycles. The molecule has 0 saturated carbocycles. The van der Waals surface area contributed by atoms with E-state index in [1.807, 2.05) is 29.2 Å². The van der Waals surface area contributed by atoms with Gasteiger partial charge in [-0.2, -0.15) is 5.10 Å². The van der Waals surface area contributed by atoms with Gasteiger partial charge < -0.3 is 10.2 Å². The fourth-order valence-electron chi connectivity index (χ4n) is 2.47. The van der Waals surface area contributed by atoms with Crippen molar-refractivity contribution in [2.24, 2.45) is 0 Å². The lowest BCUT2D eigenvalue weighted by atomic mass is 10.1. The largest absolute Gasteiger partial charge is 0.349 e. The van der Waals surface area contributed by atoms with Crippen molar-refractivity contribution >= 4 is 11.3 Å². The lowest BCUT2D eigenvalue weighted by molar-refractivity contribution is 0.463. The van der Waals surface area contributed by atoms with E-state index in [1.54, 1.807) is 0 Å². The molecule has 1 atom stereocenters. The second-order valence-corrected chi connectivity index (χ2v) is 4.37. The monoisotopic (exact) mass is 231 g/mol. The molecule has 3 heterocycles. The van der Waals surface area contributed by atoms with Crippen LogP contribution >= 0.6 is 0 Å². The summed E-state index contributed by atoms with van der Waals surface area (Å²) in [6.07, 6.45) is 6.67. The summed E-state index contributed by atoms with van der Waals surface area (Å²) >= 11 is 0. The molecule has 0 aliphatic carbocycles. The minimum absolute atomic E-state index is 0.525. The van der Waals surface area contributed by atoms with Crippen molar-refractivity contribution in [1.82, 2.24) is 19.9 Å². The minimum Gasteiger partial charge on any atom is -0.349 e. The fourth-order valence-corrected chi connectivity index (χ4v) is 2.47. The smallest absolute Gasteiger partial charge is 0.155 e. The van der Waals surface area contributed by atoms with E-state index in [9.17, 15) is 0 Å². The Labute approximate surface area is 100 Å². The van der Waals surface area contributed by atoms with Crippen LogP contribution in [0.5, 0.6) is 0 Å². The molecule has 1 fully saturated rings.